The minimum atomic E-state index is -1.91. The van der Waals surface area contributed by atoms with Crippen LogP contribution in [0.2, 0.25) is 0 Å². The summed E-state index contributed by atoms with van der Waals surface area (Å²) >= 11 is 0. The van der Waals surface area contributed by atoms with E-state index in [2.05, 4.69) is 81.5 Å². The molecule has 0 aliphatic carbocycles. The number of allylic oxidation sites excluding steroid dienone is 10. The van der Waals surface area contributed by atoms with Gasteiger partial charge in [0.05, 0.1) is 6.61 Å². The summed E-state index contributed by atoms with van der Waals surface area (Å²) < 4.78 is 28.4. The Balaban J connectivity index is 2.69. The number of aliphatic hydroxyl groups is 2. The number of carbonyl (C=O) groups excluding carboxylic acids is 3. The van der Waals surface area contributed by atoms with Crippen LogP contribution in [0.1, 0.15) is 265 Å². The lowest BCUT2D eigenvalue weighted by atomic mass is 9.98. The second-order valence-electron chi connectivity index (χ2n) is 20.6. The Kier molecular flexibility index (Phi) is 47.4. The topological polar surface area (TPSA) is 175 Å². The van der Waals surface area contributed by atoms with Crippen molar-refractivity contribution in [3.8, 4) is 0 Å². The molecule has 12 nitrogen and oxygen atoms in total. The van der Waals surface area contributed by atoms with Crippen LogP contribution < -0.4 is 0 Å². The number of carboxylic acids is 1. The first-order chi connectivity index (χ1) is 36.6. The van der Waals surface area contributed by atoms with E-state index in [1.807, 2.05) is 0 Å². The molecule has 6 atom stereocenters. The fourth-order valence-corrected chi connectivity index (χ4v) is 8.94. The molecule has 0 spiro atoms. The highest BCUT2D eigenvalue weighted by Gasteiger charge is 2.50. The molecule has 12 heteroatoms. The third-order valence-corrected chi connectivity index (χ3v) is 13.6. The van der Waals surface area contributed by atoms with Crippen molar-refractivity contribution in [3.63, 3.8) is 0 Å². The van der Waals surface area contributed by atoms with Crippen LogP contribution in [0, 0.1) is 0 Å². The summed E-state index contributed by atoms with van der Waals surface area (Å²) in [6.07, 6.45) is 50.4. The lowest BCUT2D eigenvalue weighted by Gasteiger charge is -2.40. The van der Waals surface area contributed by atoms with Crippen molar-refractivity contribution in [2.45, 2.75) is 302 Å². The summed E-state index contributed by atoms with van der Waals surface area (Å²) in [6, 6.07) is 0. The molecule has 0 aromatic rings. The molecule has 0 saturated carbocycles. The number of aliphatic carboxylic acids is 1. The van der Waals surface area contributed by atoms with Crippen molar-refractivity contribution in [3.05, 3.63) is 60.8 Å². The van der Waals surface area contributed by atoms with Gasteiger partial charge >= 0.3 is 23.9 Å². The monoisotopic (exact) mass is 1060 g/mol. The number of ether oxygens (including phenoxy) is 5. The van der Waals surface area contributed by atoms with Crippen LogP contribution in [0.5, 0.6) is 0 Å². The highest BCUT2D eigenvalue weighted by Crippen LogP contribution is 2.26. The Morgan fingerprint density at radius 3 is 1.31 bits per heavy atom. The number of esters is 3. The van der Waals surface area contributed by atoms with Gasteiger partial charge in [0.2, 0.25) is 0 Å². The first-order valence-corrected chi connectivity index (χ1v) is 30.3. The summed E-state index contributed by atoms with van der Waals surface area (Å²) in [5.41, 5.74) is 0. The number of rotatable bonds is 51. The van der Waals surface area contributed by atoms with Crippen molar-refractivity contribution in [1.82, 2.24) is 0 Å². The van der Waals surface area contributed by atoms with Crippen LogP contribution in [0.4, 0.5) is 0 Å². The van der Waals surface area contributed by atoms with Gasteiger partial charge in [-0.1, -0.05) is 223 Å². The predicted octanol–water partition coefficient (Wildman–Crippen LogP) is 15.6. The standard InChI is InChI=1S/C63H108O12/c1-4-7-10-13-16-19-22-25-27-28-30-33-36-39-42-45-48-51-57(66)74-61-59(68)58(67)60(62(69)70)75-63(61)72-53-54(73-56(65)50-47-44-41-38-35-31-24-21-18-15-12-9-6-3)52-71-55(64)49-46-43-40-37-34-32-29-26-23-20-17-14-11-8-5-2/h7,10,16,19,21,24-25,27,30,33,54,58-61,63,67-68H,4-6,8-9,11-15,17-18,20,22-23,26,28-29,31-32,34-53H2,1-3H3,(H,69,70)/b10-7-,19-16-,24-21-,27-25-,33-30-. The van der Waals surface area contributed by atoms with Crippen molar-refractivity contribution in [2.75, 3.05) is 13.2 Å². The SMILES string of the molecule is CC/C=C\C/C=C\C/C=C\C/C=C\CCCCCCC(=O)OC1C(OCC(COC(=O)CCCCCCCCCCCCCCCCC)OC(=O)CCCCCCC/C=C\CCCCCC)OC(C(=O)O)C(O)C1O. The number of carboxylic acid groups (broad SMARTS) is 1. The molecule has 432 valence electrons. The van der Waals surface area contributed by atoms with Gasteiger partial charge in [-0.3, -0.25) is 14.4 Å². The van der Waals surface area contributed by atoms with Gasteiger partial charge in [-0.25, -0.2) is 4.79 Å². The maximum atomic E-state index is 13.1. The molecule has 0 aromatic heterocycles. The number of unbranched alkanes of at least 4 members (excludes halogenated alkanes) is 27. The van der Waals surface area contributed by atoms with Crippen LogP contribution in [-0.4, -0.2) is 89.2 Å². The van der Waals surface area contributed by atoms with E-state index in [0.29, 0.717) is 19.3 Å². The lowest BCUT2D eigenvalue weighted by molar-refractivity contribution is -0.301. The Morgan fingerprint density at radius 2 is 0.840 bits per heavy atom. The van der Waals surface area contributed by atoms with Gasteiger partial charge in [0.15, 0.2) is 24.6 Å². The zero-order valence-electron chi connectivity index (χ0n) is 47.5. The van der Waals surface area contributed by atoms with Gasteiger partial charge in [0.1, 0.15) is 18.8 Å². The van der Waals surface area contributed by atoms with Gasteiger partial charge in [-0.05, 0) is 83.5 Å². The molecule has 1 rings (SSSR count). The smallest absolute Gasteiger partial charge is 0.335 e. The van der Waals surface area contributed by atoms with Crippen molar-refractivity contribution < 1.29 is 58.2 Å². The van der Waals surface area contributed by atoms with E-state index in [1.165, 1.54) is 96.3 Å². The summed E-state index contributed by atoms with van der Waals surface area (Å²) in [5, 5.41) is 31.5. The maximum Gasteiger partial charge on any atom is 0.335 e. The summed E-state index contributed by atoms with van der Waals surface area (Å²) in [5.74, 6) is -3.15. The number of hydrogen-bond acceptors (Lipinski definition) is 11. The molecule has 1 saturated heterocycles. The van der Waals surface area contributed by atoms with E-state index in [1.54, 1.807) is 0 Å². The van der Waals surface area contributed by atoms with Crippen molar-refractivity contribution in [1.29, 1.82) is 0 Å². The van der Waals surface area contributed by atoms with Crippen LogP contribution in [-0.2, 0) is 42.9 Å². The van der Waals surface area contributed by atoms with Crippen molar-refractivity contribution in [2.24, 2.45) is 0 Å². The van der Waals surface area contributed by atoms with E-state index < -0.39 is 67.3 Å². The highest BCUT2D eigenvalue weighted by atomic mass is 16.7. The number of hydrogen-bond donors (Lipinski definition) is 3. The van der Waals surface area contributed by atoms with E-state index in [0.717, 1.165) is 109 Å². The average molecular weight is 1060 g/mol. The largest absolute Gasteiger partial charge is 0.479 e. The summed E-state index contributed by atoms with van der Waals surface area (Å²) in [7, 11) is 0. The Hall–Kier alpha value is -3.58. The average Bonchev–Trinajstić information content (AvgIpc) is 3.39. The zero-order chi connectivity index (χ0) is 54.7. The molecule has 0 aromatic carbocycles. The molecule has 1 fully saturated rings. The van der Waals surface area contributed by atoms with Gasteiger partial charge in [-0.2, -0.15) is 0 Å². The molecule has 0 amide bonds. The van der Waals surface area contributed by atoms with Gasteiger partial charge in [0.25, 0.3) is 0 Å². The fourth-order valence-electron chi connectivity index (χ4n) is 8.94. The summed E-state index contributed by atoms with van der Waals surface area (Å²) in [4.78, 5) is 51.1. The van der Waals surface area contributed by atoms with Crippen LogP contribution in [0.25, 0.3) is 0 Å². The molecule has 1 heterocycles. The minimum absolute atomic E-state index is 0.0319. The second-order valence-corrected chi connectivity index (χ2v) is 20.6. The van der Waals surface area contributed by atoms with E-state index in [-0.39, 0.29) is 25.9 Å². The highest BCUT2D eigenvalue weighted by molar-refractivity contribution is 5.74. The molecular weight excluding hydrogens is 949 g/mol. The molecule has 0 radical (unpaired) electrons. The third kappa shape index (κ3) is 41.2. The lowest BCUT2D eigenvalue weighted by Crippen LogP contribution is -2.61. The molecule has 3 N–H and O–H groups in total. The maximum absolute atomic E-state index is 13.1. The molecule has 6 unspecified atom stereocenters. The number of carbonyl (C=O) groups is 4. The van der Waals surface area contributed by atoms with Crippen LogP contribution in [0.15, 0.2) is 60.8 Å². The fraction of sp³-hybridized carbons (Fsp3) is 0.778. The molecule has 0 bridgehead atoms. The van der Waals surface area contributed by atoms with Gasteiger partial charge in [0, 0.05) is 19.3 Å². The van der Waals surface area contributed by atoms with E-state index in [9.17, 15) is 34.5 Å². The zero-order valence-corrected chi connectivity index (χ0v) is 47.5. The molecular formula is C63H108O12. The van der Waals surface area contributed by atoms with E-state index >= 15 is 0 Å². The minimum Gasteiger partial charge on any atom is -0.479 e. The van der Waals surface area contributed by atoms with Crippen LogP contribution >= 0.6 is 0 Å². The van der Waals surface area contributed by atoms with Crippen LogP contribution in [0.3, 0.4) is 0 Å². The normalized spacial score (nSPS) is 18.5. The summed E-state index contributed by atoms with van der Waals surface area (Å²) in [6.45, 7) is 5.86. The van der Waals surface area contributed by atoms with Gasteiger partial charge in [-0.15, -0.1) is 0 Å². The molecule has 1 aliphatic heterocycles. The predicted molar refractivity (Wildman–Crippen MR) is 303 cm³/mol. The first kappa shape index (κ1) is 69.4. The quantitative estimate of drug-likeness (QED) is 0.0228. The third-order valence-electron chi connectivity index (χ3n) is 13.6. The van der Waals surface area contributed by atoms with Crippen molar-refractivity contribution >= 4 is 23.9 Å². The molecule has 75 heavy (non-hydrogen) atoms. The second kappa shape index (κ2) is 51.2. The Morgan fingerprint density at radius 1 is 0.453 bits per heavy atom. The number of aliphatic hydroxyl groups excluding tert-OH is 2. The molecule has 1 aliphatic rings. The van der Waals surface area contributed by atoms with E-state index in [4.69, 9.17) is 23.7 Å². The Labute approximate surface area is 456 Å². The van der Waals surface area contributed by atoms with Gasteiger partial charge < -0.3 is 39.0 Å². The first-order valence-electron chi connectivity index (χ1n) is 30.3. The Bertz CT molecular complexity index is 1540.